The lowest BCUT2D eigenvalue weighted by molar-refractivity contribution is 0.864. The predicted octanol–water partition coefficient (Wildman–Crippen LogP) is 3.86. The second kappa shape index (κ2) is 4.69. The molecule has 1 aromatic carbocycles. The maximum Gasteiger partial charge on any atom is 0.0704 e. The van der Waals surface area contributed by atoms with Crippen LogP contribution in [0.25, 0.3) is 11.3 Å². The third kappa shape index (κ3) is 2.23. The average molecular weight is 252 g/mol. The fourth-order valence-electron chi connectivity index (χ4n) is 2.69. The normalized spacial score (nSPS) is 14.0. The van der Waals surface area contributed by atoms with E-state index in [1.807, 2.05) is 6.20 Å². The molecule has 0 N–H and O–H groups in total. The molecule has 0 spiro atoms. The van der Waals surface area contributed by atoms with E-state index in [1.165, 1.54) is 22.4 Å². The van der Waals surface area contributed by atoms with Crippen LogP contribution in [-0.2, 0) is 6.42 Å². The van der Waals surface area contributed by atoms with Crippen LogP contribution in [0.1, 0.15) is 30.9 Å². The highest BCUT2D eigenvalue weighted by molar-refractivity contribution is 5.68. The third-order valence-electron chi connectivity index (χ3n) is 3.95. The molecule has 0 fully saturated rings. The summed E-state index contributed by atoms with van der Waals surface area (Å²) in [6.45, 7) is 5.56. The number of aromatic nitrogens is 1. The Hall–Kier alpha value is -1.83. The summed E-state index contributed by atoms with van der Waals surface area (Å²) in [4.78, 5) is 6.84. The van der Waals surface area contributed by atoms with E-state index in [4.69, 9.17) is 0 Å². The minimum absolute atomic E-state index is 0.544. The molecule has 1 aliphatic rings. The van der Waals surface area contributed by atoms with Crippen molar-refractivity contribution in [3.8, 4) is 11.3 Å². The van der Waals surface area contributed by atoms with Crippen molar-refractivity contribution in [2.24, 2.45) is 0 Å². The molecule has 0 radical (unpaired) electrons. The van der Waals surface area contributed by atoms with Gasteiger partial charge in [-0.2, -0.15) is 0 Å². The first-order valence-corrected chi connectivity index (χ1v) is 6.95. The highest BCUT2D eigenvalue weighted by Crippen LogP contribution is 2.31. The van der Waals surface area contributed by atoms with Crippen LogP contribution in [0.15, 0.2) is 36.5 Å². The van der Waals surface area contributed by atoms with Crippen molar-refractivity contribution in [3.05, 3.63) is 47.7 Å². The Balaban J connectivity index is 2.01. The van der Waals surface area contributed by atoms with Gasteiger partial charge in [-0.25, -0.2) is 0 Å². The number of nitrogens with zero attached hydrogens (tertiary/aromatic N) is 2. The van der Waals surface area contributed by atoms with E-state index in [-0.39, 0.29) is 0 Å². The quantitative estimate of drug-likeness (QED) is 0.806. The van der Waals surface area contributed by atoms with Gasteiger partial charge >= 0.3 is 0 Å². The Morgan fingerprint density at radius 2 is 2.00 bits per heavy atom. The number of hydrogen-bond donors (Lipinski definition) is 0. The number of hydrogen-bond acceptors (Lipinski definition) is 2. The van der Waals surface area contributed by atoms with Crippen LogP contribution in [0.3, 0.4) is 0 Å². The van der Waals surface area contributed by atoms with Crippen molar-refractivity contribution in [2.75, 3.05) is 18.5 Å². The van der Waals surface area contributed by atoms with E-state index >= 15 is 0 Å². The van der Waals surface area contributed by atoms with Crippen LogP contribution < -0.4 is 4.90 Å². The first kappa shape index (κ1) is 12.2. The van der Waals surface area contributed by atoms with Crippen molar-refractivity contribution in [1.82, 2.24) is 4.98 Å². The zero-order valence-corrected chi connectivity index (χ0v) is 11.9. The maximum atomic E-state index is 4.52. The fraction of sp³-hybridized carbons (Fsp3) is 0.353. The SMILES string of the molecule is CC(C)c1ccnc(-c2ccc3c(c2)CCN3C)c1. The van der Waals surface area contributed by atoms with Crippen LogP contribution in [0.5, 0.6) is 0 Å². The summed E-state index contributed by atoms with van der Waals surface area (Å²) in [5.74, 6) is 0.544. The third-order valence-corrected chi connectivity index (χ3v) is 3.95. The van der Waals surface area contributed by atoms with E-state index in [2.05, 4.69) is 61.1 Å². The van der Waals surface area contributed by atoms with E-state index < -0.39 is 0 Å². The summed E-state index contributed by atoms with van der Waals surface area (Å²) in [7, 11) is 2.16. The van der Waals surface area contributed by atoms with Gasteiger partial charge in [0.1, 0.15) is 0 Å². The first-order chi connectivity index (χ1) is 9.15. The van der Waals surface area contributed by atoms with Crippen molar-refractivity contribution in [2.45, 2.75) is 26.2 Å². The van der Waals surface area contributed by atoms with Crippen LogP contribution in [0, 0.1) is 0 Å². The average Bonchev–Trinajstić information content (AvgIpc) is 2.80. The zero-order chi connectivity index (χ0) is 13.4. The molecule has 0 unspecified atom stereocenters. The van der Waals surface area contributed by atoms with Crippen molar-refractivity contribution >= 4 is 5.69 Å². The lowest BCUT2D eigenvalue weighted by Crippen LogP contribution is -2.12. The van der Waals surface area contributed by atoms with Crippen LogP contribution in [0.2, 0.25) is 0 Å². The maximum absolute atomic E-state index is 4.52. The monoisotopic (exact) mass is 252 g/mol. The summed E-state index contributed by atoms with van der Waals surface area (Å²) in [6.07, 6.45) is 3.06. The molecule has 2 heterocycles. The molecule has 0 saturated heterocycles. The smallest absolute Gasteiger partial charge is 0.0704 e. The molecule has 0 atom stereocenters. The van der Waals surface area contributed by atoms with E-state index in [1.54, 1.807) is 0 Å². The van der Waals surface area contributed by atoms with Crippen LogP contribution in [0.4, 0.5) is 5.69 Å². The van der Waals surface area contributed by atoms with Gasteiger partial charge in [-0.15, -0.1) is 0 Å². The fourth-order valence-corrected chi connectivity index (χ4v) is 2.69. The number of pyridine rings is 1. The minimum Gasteiger partial charge on any atom is -0.374 e. The molecule has 3 rings (SSSR count). The molecule has 0 saturated carbocycles. The molecule has 2 heteroatoms. The summed E-state index contributed by atoms with van der Waals surface area (Å²) in [5.41, 5.74) is 6.48. The molecule has 2 aromatic rings. The Labute approximate surface area is 115 Å². The number of rotatable bonds is 2. The molecule has 98 valence electrons. The van der Waals surface area contributed by atoms with Gasteiger partial charge in [0.2, 0.25) is 0 Å². The largest absolute Gasteiger partial charge is 0.374 e. The predicted molar refractivity (Wildman–Crippen MR) is 80.7 cm³/mol. The van der Waals surface area contributed by atoms with Gasteiger partial charge in [0.25, 0.3) is 0 Å². The second-order valence-corrected chi connectivity index (χ2v) is 5.64. The molecule has 1 aliphatic heterocycles. The van der Waals surface area contributed by atoms with Gasteiger partial charge in [-0.1, -0.05) is 19.9 Å². The topological polar surface area (TPSA) is 16.1 Å². The highest BCUT2D eigenvalue weighted by atomic mass is 15.1. The highest BCUT2D eigenvalue weighted by Gasteiger charge is 2.16. The molecule has 1 aromatic heterocycles. The summed E-state index contributed by atoms with van der Waals surface area (Å²) >= 11 is 0. The van der Waals surface area contributed by atoms with Gasteiger partial charge < -0.3 is 4.90 Å². The van der Waals surface area contributed by atoms with Crippen LogP contribution in [-0.4, -0.2) is 18.6 Å². The Bertz CT molecular complexity index is 602. The molecule has 0 bridgehead atoms. The number of likely N-dealkylation sites (N-methyl/N-ethyl adjacent to an activating group) is 1. The number of benzene rings is 1. The number of fused-ring (bicyclic) bond motifs is 1. The van der Waals surface area contributed by atoms with Gasteiger partial charge in [0, 0.05) is 31.0 Å². The van der Waals surface area contributed by atoms with E-state index in [0.29, 0.717) is 5.92 Å². The van der Waals surface area contributed by atoms with Crippen molar-refractivity contribution < 1.29 is 0 Å². The molecule has 0 amide bonds. The molecular weight excluding hydrogens is 232 g/mol. The van der Waals surface area contributed by atoms with Gasteiger partial charge in [-0.3, -0.25) is 4.98 Å². The molecular formula is C17H20N2. The van der Waals surface area contributed by atoms with E-state index in [9.17, 15) is 0 Å². The number of anilines is 1. The summed E-state index contributed by atoms with van der Waals surface area (Å²) < 4.78 is 0. The second-order valence-electron chi connectivity index (χ2n) is 5.64. The van der Waals surface area contributed by atoms with Crippen LogP contribution >= 0.6 is 0 Å². The Kier molecular flexibility index (Phi) is 3.02. The van der Waals surface area contributed by atoms with Crippen molar-refractivity contribution in [1.29, 1.82) is 0 Å². The Morgan fingerprint density at radius 1 is 1.16 bits per heavy atom. The standard InChI is InChI=1S/C17H20N2/c1-12(2)13-6-8-18-16(11-13)14-4-5-17-15(10-14)7-9-19(17)3/h4-6,8,10-12H,7,9H2,1-3H3. The minimum atomic E-state index is 0.544. The van der Waals surface area contributed by atoms with Gasteiger partial charge in [-0.05, 0) is 47.7 Å². The first-order valence-electron chi connectivity index (χ1n) is 6.95. The van der Waals surface area contributed by atoms with E-state index in [0.717, 1.165) is 18.7 Å². The Morgan fingerprint density at radius 3 is 2.79 bits per heavy atom. The summed E-state index contributed by atoms with van der Waals surface area (Å²) in [5, 5.41) is 0. The zero-order valence-electron chi connectivity index (χ0n) is 11.9. The molecule has 2 nitrogen and oxygen atoms in total. The molecule has 0 aliphatic carbocycles. The van der Waals surface area contributed by atoms with Gasteiger partial charge in [0.15, 0.2) is 0 Å². The lowest BCUT2D eigenvalue weighted by atomic mass is 10.0. The summed E-state index contributed by atoms with van der Waals surface area (Å²) in [6, 6.07) is 11.0. The molecule has 19 heavy (non-hydrogen) atoms. The van der Waals surface area contributed by atoms with Crippen molar-refractivity contribution in [3.63, 3.8) is 0 Å². The van der Waals surface area contributed by atoms with Gasteiger partial charge in [0.05, 0.1) is 5.69 Å². The lowest BCUT2D eigenvalue weighted by Gasteiger charge is -2.12.